The van der Waals surface area contributed by atoms with E-state index >= 15 is 0 Å². The Kier molecular flexibility index (Phi) is 4.48. The third kappa shape index (κ3) is 3.35. The van der Waals surface area contributed by atoms with Crippen LogP contribution in [-0.4, -0.2) is 54.4 Å². The van der Waals surface area contributed by atoms with E-state index in [1.54, 1.807) is 24.1 Å². The number of carbonyl (C=O) groups excluding carboxylic acids is 2. The lowest BCUT2D eigenvalue weighted by molar-refractivity contribution is -0.126. The van der Waals surface area contributed by atoms with Crippen LogP contribution in [0.2, 0.25) is 5.02 Å². The van der Waals surface area contributed by atoms with Crippen molar-refractivity contribution in [1.29, 1.82) is 0 Å². The van der Waals surface area contributed by atoms with Crippen LogP contribution in [0, 0.1) is 5.92 Å². The number of nitrogens with one attached hydrogen (secondary N) is 1. The molecule has 4 rings (SSSR count). The number of rotatable bonds is 3. The molecule has 7 nitrogen and oxygen atoms in total. The summed E-state index contributed by atoms with van der Waals surface area (Å²) in [6.45, 7) is 2.01. The summed E-state index contributed by atoms with van der Waals surface area (Å²) >= 11 is 5.99. The van der Waals surface area contributed by atoms with E-state index in [4.69, 9.17) is 16.0 Å². The summed E-state index contributed by atoms with van der Waals surface area (Å²) in [6, 6.07) is 5.89. The fraction of sp³-hybridized carbons (Fsp3) is 0.500. The molecule has 3 heterocycles. The van der Waals surface area contributed by atoms with Crippen molar-refractivity contribution >= 4 is 40.5 Å². The molecule has 138 valence electrons. The van der Waals surface area contributed by atoms with Crippen LogP contribution >= 0.6 is 11.6 Å². The first kappa shape index (κ1) is 17.1. The molecule has 1 N–H and O–H groups in total. The third-order valence-corrected chi connectivity index (χ3v) is 5.40. The Morgan fingerprint density at radius 2 is 2.12 bits per heavy atom. The number of oxazole rings is 1. The van der Waals surface area contributed by atoms with Gasteiger partial charge >= 0.3 is 0 Å². The molecule has 1 aromatic carbocycles. The van der Waals surface area contributed by atoms with Gasteiger partial charge in [0.05, 0.1) is 6.04 Å². The molecular formula is C18H21ClN4O3. The number of likely N-dealkylation sites (N-methyl/N-ethyl adjacent to an activating group) is 1. The van der Waals surface area contributed by atoms with Gasteiger partial charge in [0.25, 0.3) is 6.01 Å². The number of amides is 2. The Morgan fingerprint density at radius 3 is 2.81 bits per heavy atom. The summed E-state index contributed by atoms with van der Waals surface area (Å²) in [7, 11) is 1.76. The van der Waals surface area contributed by atoms with Crippen molar-refractivity contribution in [2.45, 2.75) is 25.3 Å². The molecule has 1 atom stereocenters. The van der Waals surface area contributed by atoms with E-state index in [9.17, 15) is 9.59 Å². The molecule has 2 amide bonds. The summed E-state index contributed by atoms with van der Waals surface area (Å²) in [6.07, 6.45) is 1.87. The van der Waals surface area contributed by atoms with Gasteiger partial charge in [-0.05, 0) is 25.0 Å². The minimum Gasteiger partial charge on any atom is -0.423 e. The zero-order valence-corrected chi connectivity index (χ0v) is 15.3. The van der Waals surface area contributed by atoms with Gasteiger partial charge in [-0.25, -0.2) is 0 Å². The Bertz CT molecular complexity index is 844. The zero-order chi connectivity index (χ0) is 18.3. The number of carbonyl (C=O) groups is 2. The number of fused-ring (bicyclic) bond motifs is 1. The number of anilines is 1. The summed E-state index contributed by atoms with van der Waals surface area (Å²) < 4.78 is 5.80. The van der Waals surface area contributed by atoms with Gasteiger partial charge in [-0.3, -0.25) is 9.59 Å². The van der Waals surface area contributed by atoms with E-state index in [1.807, 2.05) is 6.07 Å². The molecule has 2 fully saturated rings. The molecule has 8 heteroatoms. The van der Waals surface area contributed by atoms with Gasteiger partial charge in [-0.15, -0.1) is 0 Å². The first-order chi connectivity index (χ1) is 12.5. The molecule has 26 heavy (non-hydrogen) atoms. The Labute approximate surface area is 156 Å². The van der Waals surface area contributed by atoms with Gasteiger partial charge < -0.3 is 19.5 Å². The van der Waals surface area contributed by atoms with Crippen molar-refractivity contribution in [1.82, 2.24) is 15.2 Å². The number of likely N-dealkylation sites (tertiary alicyclic amines) is 1. The highest BCUT2D eigenvalue weighted by molar-refractivity contribution is 6.31. The Morgan fingerprint density at radius 1 is 1.35 bits per heavy atom. The average Bonchev–Trinajstić information content (AvgIpc) is 3.17. The minimum atomic E-state index is -0.0696. The molecule has 0 aliphatic carbocycles. The molecule has 0 spiro atoms. The second-order valence-corrected chi connectivity index (χ2v) is 7.49. The maximum absolute atomic E-state index is 12.5. The zero-order valence-electron chi connectivity index (χ0n) is 14.6. The number of hydrogen-bond donors (Lipinski definition) is 1. The predicted molar refractivity (Wildman–Crippen MR) is 98.1 cm³/mol. The number of nitrogens with zero attached hydrogens (tertiary/aromatic N) is 3. The van der Waals surface area contributed by atoms with E-state index in [1.165, 1.54) is 0 Å². The highest BCUT2D eigenvalue weighted by Gasteiger charge is 2.32. The first-order valence-electron chi connectivity index (χ1n) is 8.85. The van der Waals surface area contributed by atoms with Crippen molar-refractivity contribution < 1.29 is 14.0 Å². The maximum Gasteiger partial charge on any atom is 0.298 e. The molecular weight excluding hydrogens is 356 g/mol. The lowest BCUT2D eigenvalue weighted by Crippen LogP contribution is -2.44. The minimum absolute atomic E-state index is 0.0360. The largest absolute Gasteiger partial charge is 0.423 e. The molecule has 2 saturated heterocycles. The van der Waals surface area contributed by atoms with Crippen LogP contribution < -0.4 is 10.2 Å². The third-order valence-electron chi connectivity index (χ3n) is 5.16. The highest BCUT2D eigenvalue weighted by Crippen LogP contribution is 2.28. The smallest absolute Gasteiger partial charge is 0.298 e. The molecule has 2 aromatic rings. The molecule has 2 aliphatic rings. The summed E-state index contributed by atoms with van der Waals surface area (Å²) in [5, 5.41) is 3.64. The van der Waals surface area contributed by atoms with Crippen LogP contribution in [0.15, 0.2) is 22.6 Å². The maximum atomic E-state index is 12.5. The van der Waals surface area contributed by atoms with Gasteiger partial charge in [-0.2, -0.15) is 4.98 Å². The molecule has 0 saturated carbocycles. The second kappa shape index (κ2) is 6.79. The Balaban J connectivity index is 1.34. The number of aromatic nitrogens is 1. The number of benzene rings is 1. The van der Waals surface area contributed by atoms with Crippen LogP contribution in [0.4, 0.5) is 6.01 Å². The molecule has 1 aromatic heterocycles. The normalized spacial score (nSPS) is 21.6. The molecule has 0 radical (unpaired) electrons. The second-order valence-electron chi connectivity index (χ2n) is 7.05. The van der Waals surface area contributed by atoms with E-state index < -0.39 is 0 Å². The molecule has 2 aliphatic heterocycles. The fourth-order valence-corrected chi connectivity index (χ4v) is 3.80. The van der Waals surface area contributed by atoms with E-state index in [-0.39, 0.29) is 23.8 Å². The van der Waals surface area contributed by atoms with Gasteiger partial charge in [0, 0.05) is 50.1 Å². The fourth-order valence-electron chi connectivity index (χ4n) is 3.63. The molecule has 1 unspecified atom stereocenters. The van der Waals surface area contributed by atoms with Gasteiger partial charge in [-0.1, -0.05) is 11.6 Å². The summed E-state index contributed by atoms with van der Waals surface area (Å²) in [5.41, 5.74) is 1.45. The topological polar surface area (TPSA) is 78.7 Å². The van der Waals surface area contributed by atoms with E-state index in [0.29, 0.717) is 42.7 Å². The van der Waals surface area contributed by atoms with Crippen LogP contribution in [0.25, 0.3) is 11.1 Å². The van der Waals surface area contributed by atoms with Crippen molar-refractivity contribution in [3.8, 4) is 0 Å². The molecule has 0 bridgehead atoms. The van der Waals surface area contributed by atoms with E-state index in [0.717, 1.165) is 18.4 Å². The SMILES string of the molecule is CN1CC(NC(=O)C2CCN(c3nc4ccc(Cl)cc4o3)CC2)CC1=O. The average molecular weight is 377 g/mol. The first-order valence-corrected chi connectivity index (χ1v) is 9.23. The quantitative estimate of drug-likeness (QED) is 0.886. The number of hydrogen-bond acceptors (Lipinski definition) is 5. The summed E-state index contributed by atoms with van der Waals surface area (Å²) in [5.74, 6) is 0.0920. The van der Waals surface area contributed by atoms with E-state index in [2.05, 4.69) is 15.2 Å². The van der Waals surface area contributed by atoms with Gasteiger partial charge in [0.1, 0.15) is 5.52 Å². The van der Waals surface area contributed by atoms with Crippen LogP contribution in [0.1, 0.15) is 19.3 Å². The van der Waals surface area contributed by atoms with Crippen LogP contribution in [0.3, 0.4) is 0 Å². The van der Waals surface area contributed by atoms with Crippen molar-refractivity contribution in [3.63, 3.8) is 0 Å². The standard InChI is InChI=1S/C18H21ClN4O3/c1-22-10-13(9-16(22)24)20-17(25)11-4-6-23(7-5-11)18-21-14-3-2-12(19)8-15(14)26-18/h2-3,8,11,13H,4-7,9-10H2,1H3,(H,20,25). The van der Waals surface area contributed by atoms with Crippen molar-refractivity contribution in [2.24, 2.45) is 5.92 Å². The monoisotopic (exact) mass is 376 g/mol. The number of halogens is 1. The van der Waals surface area contributed by atoms with Crippen LogP contribution in [-0.2, 0) is 9.59 Å². The van der Waals surface area contributed by atoms with Crippen molar-refractivity contribution in [3.05, 3.63) is 23.2 Å². The number of piperidine rings is 1. The lowest BCUT2D eigenvalue weighted by Gasteiger charge is -2.30. The highest BCUT2D eigenvalue weighted by atomic mass is 35.5. The van der Waals surface area contributed by atoms with Crippen LogP contribution in [0.5, 0.6) is 0 Å². The van der Waals surface area contributed by atoms with Gasteiger partial charge in [0.15, 0.2) is 5.58 Å². The lowest BCUT2D eigenvalue weighted by atomic mass is 9.96. The van der Waals surface area contributed by atoms with Crippen molar-refractivity contribution in [2.75, 3.05) is 31.6 Å². The Hall–Kier alpha value is -2.28. The predicted octanol–water partition coefficient (Wildman–Crippen LogP) is 2.04. The summed E-state index contributed by atoms with van der Waals surface area (Å²) in [4.78, 5) is 32.3. The van der Waals surface area contributed by atoms with Gasteiger partial charge in [0.2, 0.25) is 11.8 Å².